The average Bonchev–Trinajstić information content (AvgIpc) is 2.93. The van der Waals surface area contributed by atoms with Gasteiger partial charge in [0.2, 0.25) is 0 Å². The predicted molar refractivity (Wildman–Crippen MR) is 66.8 cm³/mol. The van der Waals surface area contributed by atoms with Crippen molar-refractivity contribution in [2.45, 2.75) is 0 Å². The number of methoxy groups -OCH3 is 1. The maximum absolute atomic E-state index is 5.56. The van der Waals surface area contributed by atoms with Crippen LogP contribution in [0.4, 0.5) is 5.95 Å². The molecule has 0 saturated carbocycles. The SMILES string of the molecule is COc1ccc2cc(-c3cnc(N)[nH]3)[nH]c2c1. The van der Waals surface area contributed by atoms with Gasteiger partial charge < -0.3 is 20.4 Å². The summed E-state index contributed by atoms with van der Waals surface area (Å²) >= 11 is 0. The van der Waals surface area contributed by atoms with Crippen LogP contribution in [-0.2, 0) is 0 Å². The van der Waals surface area contributed by atoms with Crippen LogP contribution in [0.15, 0.2) is 30.5 Å². The average molecular weight is 228 g/mol. The van der Waals surface area contributed by atoms with Gasteiger partial charge in [0.05, 0.1) is 24.7 Å². The van der Waals surface area contributed by atoms with Gasteiger partial charge in [0.15, 0.2) is 5.95 Å². The van der Waals surface area contributed by atoms with E-state index in [1.165, 1.54) is 0 Å². The maximum atomic E-state index is 5.56. The molecule has 2 heterocycles. The number of hydrogen-bond acceptors (Lipinski definition) is 3. The summed E-state index contributed by atoms with van der Waals surface area (Å²) in [6.07, 6.45) is 1.71. The van der Waals surface area contributed by atoms with E-state index < -0.39 is 0 Å². The molecule has 17 heavy (non-hydrogen) atoms. The Morgan fingerprint density at radius 2 is 2.06 bits per heavy atom. The normalized spacial score (nSPS) is 10.9. The third-order valence-electron chi connectivity index (χ3n) is 2.72. The zero-order valence-corrected chi connectivity index (χ0v) is 9.32. The molecular weight excluding hydrogens is 216 g/mol. The molecule has 5 heteroatoms. The van der Waals surface area contributed by atoms with E-state index in [4.69, 9.17) is 10.5 Å². The molecule has 0 unspecified atom stereocenters. The van der Waals surface area contributed by atoms with Gasteiger partial charge in [-0.25, -0.2) is 4.98 Å². The molecule has 2 aromatic heterocycles. The minimum atomic E-state index is 0.413. The van der Waals surface area contributed by atoms with Crippen molar-refractivity contribution >= 4 is 16.9 Å². The number of anilines is 1. The third-order valence-corrected chi connectivity index (χ3v) is 2.72. The fourth-order valence-electron chi connectivity index (χ4n) is 1.85. The van der Waals surface area contributed by atoms with E-state index in [1.54, 1.807) is 13.3 Å². The lowest BCUT2D eigenvalue weighted by Gasteiger charge is -1.97. The Labute approximate surface area is 97.6 Å². The highest BCUT2D eigenvalue weighted by Gasteiger charge is 2.06. The zero-order chi connectivity index (χ0) is 11.8. The quantitative estimate of drug-likeness (QED) is 0.628. The van der Waals surface area contributed by atoms with Gasteiger partial charge in [0, 0.05) is 17.0 Å². The van der Waals surface area contributed by atoms with Crippen LogP contribution in [0.5, 0.6) is 5.75 Å². The molecule has 0 aliphatic carbocycles. The summed E-state index contributed by atoms with van der Waals surface area (Å²) in [7, 11) is 1.65. The van der Waals surface area contributed by atoms with Crippen molar-refractivity contribution < 1.29 is 4.74 Å². The van der Waals surface area contributed by atoms with Gasteiger partial charge in [0.25, 0.3) is 0 Å². The van der Waals surface area contributed by atoms with E-state index in [9.17, 15) is 0 Å². The highest BCUT2D eigenvalue weighted by Crippen LogP contribution is 2.26. The molecule has 0 atom stereocenters. The van der Waals surface area contributed by atoms with E-state index in [0.29, 0.717) is 5.95 Å². The van der Waals surface area contributed by atoms with E-state index >= 15 is 0 Å². The van der Waals surface area contributed by atoms with Crippen molar-refractivity contribution in [3.63, 3.8) is 0 Å². The number of ether oxygens (including phenoxy) is 1. The van der Waals surface area contributed by atoms with Gasteiger partial charge in [-0.3, -0.25) is 0 Å². The lowest BCUT2D eigenvalue weighted by molar-refractivity contribution is 0.415. The smallest absolute Gasteiger partial charge is 0.197 e. The van der Waals surface area contributed by atoms with Crippen LogP contribution in [0.3, 0.4) is 0 Å². The van der Waals surface area contributed by atoms with E-state index in [-0.39, 0.29) is 0 Å². The first-order valence-corrected chi connectivity index (χ1v) is 5.24. The van der Waals surface area contributed by atoms with Crippen LogP contribution in [0, 0.1) is 0 Å². The van der Waals surface area contributed by atoms with Crippen LogP contribution in [-0.4, -0.2) is 22.1 Å². The standard InChI is InChI=1S/C12H12N4O/c1-17-8-3-2-7-4-10(15-9(7)5-8)11-6-14-12(13)16-11/h2-6,15H,1H3,(H3,13,14,16). The number of H-pyrrole nitrogens is 2. The number of nitrogens with one attached hydrogen (secondary N) is 2. The first-order valence-electron chi connectivity index (χ1n) is 5.24. The van der Waals surface area contributed by atoms with Gasteiger partial charge in [-0.2, -0.15) is 0 Å². The fourth-order valence-corrected chi connectivity index (χ4v) is 1.85. The van der Waals surface area contributed by atoms with Crippen LogP contribution in [0.1, 0.15) is 0 Å². The minimum Gasteiger partial charge on any atom is -0.497 e. The number of nitrogen functional groups attached to an aromatic ring is 1. The van der Waals surface area contributed by atoms with Crippen molar-refractivity contribution in [3.05, 3.63) is 30.5 Å². The second-order valence-corrected chi connectivity index (χ2v) is 3.82. The fraction of sp³-hybridized carbons (Fsp3) is 0.0833. The molecule has 3 rings (SSSR count). The number of nitrogens with zero attached hydrogens (tertiary/aromatic N) is 1. The Balaban J connectivity index is 2.13. The van der Waals surface area contributed by atoms with Gasteiger partial charge in [-0.15, -0.1) is 0 Å². The molecule has 0 saturated heterocycles. The number of aromatic amines is 2. The van der Waals surface area contributed by atoms with Crippen molar-refractivity contribution in [2.75, 3.05) is 12.8 Å². The van der Waals surface area contributed by atoms with E-state index in [2.05, 4.69) is 15.0 Å². The Kier molecular flexibility index (Phi) is 2.04. The number of fused-ring (bicyclic) bond motifs is 1. The number of imidazole rings is 1. The molecule has 5 nitrogen and oxygen atoms in total. The molecule has 4 N–H and O–H groups in total. The Hall–Kier alpha value is -2.43. The minimum absolute atomic E-state index is 0.413. The van der Waals surface area contributed by atoms with Crippen molar-refractivity contribution in [1.29, 1.82) is 0 Å². The number of nitrogens with two attached hydrogens (primary N) is 1. The number of benzene rings is 1. The first-order chi connectivity index (χ1) is 8.26. The highest BCUT2D eigenvalue weighted by atomic mass is 16.5. The Morgan fingerprint density at radius 3 is 2.76 bits per heavy atom. The molecule has 0 amide bonds. The number of rotatable bonds is 2. The van der Waals surface area contributed by atoms with Gasteiger partial charge in [0.1, 0.15) is 5.75 Å². The Bertz CT molecular complexity index is 668. The largest absolute Gasteiger partial charge is 0.497 e. The zero-order valence-electron chi connectivity index (χ0n) is 9.32. The monoisotopic (exact) mass is 228 g/mol. The van der Waals surface area contributed by atoms with E-state index in [0.717, 1.165) is 28.0 Å². The van der Waals surface area contributed by atoms with Gasteiger partial charge in [-0.1, -0.05) is 0 Å². The molecule has 0 aliphatic rings. The molecule has 86 valence electrons. The van der Waals surface area contributed by atoms with Crippen molar-refractivity contribution in [2.24, 2.45) is 0 Å². The lowest BCUT2D eigenvalue weighted by atomic mass is 10.2. The molecule has 0 aliphatic heterocycles. The van der Waals surface area contributed by atoms with Crippen LogP contribution < -0.4 is 10.5 Å². The van der Waals surface area contributed by atoms with Crippen molar-refractivity contribution in [1.82, 2.24) is 15.0 Å². The number of hydrogen-bond donors (Lipinski definition) is 3. The first kappa shape index (κ1) is 9.77. The molecule has 0 spiro atoms. The summed E-state index contributed by atoms with van der Waals surface area (Å²) < 4.78 is 5.18. The molecule has 1 aromatic carbocycles. The number of aromatic nitrogens is 3. The van der Waals surface area contributed by atoms with Crippen LogP contribution in [0.2, 0.25) is 0 Å². The summed E-state index contributed by atoms with van der Waals surface area (Å²) in [5.41, 5.74) is 8.40. The van der Waals surface area contributed by atoms with Crippen molar-refractivity contribution in [3.8, 4) is 17.1 Å². The summed E-state index contributed by atoms with van der Waals surface area (Å²) in [5.74, 6) is 1.24. The molecule has 3 aromatic rings. The maximum Gasteiger partial charge on any atom is 0.197 e. The summed E-state index contributed by atoms with van der Waals surface area (Å²) in [5, 5.41) is 1.12. The summed E-state index contributed by atoms with van der Waals surface area (Å²) in [6, 6.07) is 7.94. The lowest BCUT2D eigenvalue weighted by Crippen LogP contribution is -1.85. The third kappa shape index (κ3) is 1.61. The summed E-state index contributed by atoms with van der Waals surface area (Å²) in [6.45, 7) is 0. The van der Waals surface area contributed by atoms with Crippen LogP contribution >= 0.6 is 0 Å². The van der Waals surface area contributed by atoms with Gasteiger partial charge >= 0.3 is 0 Å². The summed E-state index contributed by atoms with van der Waals surface area (Å²) in [4.78, 5) is 10.3. The van der Waals surface area contributed by atoms with E-state index in [1.807, 2.05) is 24.3 Å². The van der Waals surface area contributed by atoms with Crippen LogP contribution in [0.25, 0.3) is 22.3 Å². The second kappa shape index (κ2) is 3.55. The predicted octanol–water partition coefficient (Wildman–Crippen LogP) is 2.15. The topological polar surface area (TPSA) is 79.7 Å². The molecular formula is C12H12N4O. The molecule has 0 radical (unpaired) electrons. The molecule has 0 fully saturated rings. The van der Waals surface area contributed by atoms with Gasteiger partial charge in [-0.05, 0) is 18.2 Å². The molecule has 0 bridgehead atoms. The second-order valence-electron chi connectivity index (χ2n) is 3.82. The Morgan fingerprint density at radius 1 is 1.18 bits per heavy atom. The highest BCUT2D eigenvalue weighted by molar-refractivity contribution is 5.86.